The van der Waals surface area contributed by atoms with Crippen molar-refractivity contribution in [3.8, 4) is 0 Å². The minimum atomic E-state index is -1.55. The van der Waals surface area contributed by atoms with Gasteiger partial charge in [-0.1, -0.05) is 11.6 Å². The van der Waals surface area contributed by atoms with Gasteiger partial charge in [0.25, 0.3) is 0 Å². The topological polar surface area (TPSA) is 117 Å². The van der Waals surface area contributed by atoms with Crippen LogP contribution in [0.1, 0.15) is 5.56 Å². The summed E-state index contributed by atoms with van der Waals surface area (Å²) in [7, 11) is 0. The van der Waals surface area contributed by atoms with E-state index in [1.807, 2.05) is 25.1 Å². The van der Waals surface area contributed by atoms with Gasteiger partial charge in [0.15, 0.2) is 5.96 Å². The lowest BCUT2D eigenvalue weighted by Gasteiger charge is -2.09. The van der Waals surface area contributed by atoms with Crippen molar-refractivity contribution < 1.29 is 19.8 Å². The van der Waals surface area contributed by atoms with Gasteiger partial charge >= 0.3 is 0 Å². The summed E-state index contributed by atoms with van der Waals surface area (Å²) in [4.78, 5) is 23.1. The van der Waals surface area contributed by atoms with E-state index >= 15 is 0 Å². The molecule has 0 aliphatic carbocycles. The van der Waals surface area contributed by atoms with Crippen LogP contribution in [0.5, 0.6) is 0 Å². The summed E-state index contributed by atoms with van der Waals surface area (Å²) in [5.74, 6) is -2.25. The predicted octanol–water partition coefficient (Wildman–Crippen LogP) is -0.938. The number of aliphatic carboxylic acids is 2. The van der Waals surface area contributed by atoms with Crippen molar-refractivity contribution in [3.05, 3.63) is 40.9 Å². The second-order valence-corrected chi connectivity index (χ2v) is 4.65. The quantitative estimate of drug-likeness (QED) is 0.694. The molecule has 2 rings (SSSR count). The number of aryl methyl sites for hydroxylation is 1. The number of rotatable bonds is 3. The lowest BCUT2D eigenvalue weighted by Crippen LogP contribution is -2.26. The van der Waals surface area contributed by atoms with Gasteiger partial charge in [-0.15, -0.1) is 0 Å². The van der Waals surface area contributed by atoms with Crippen LogP contribution in [0.4, 0.5) is 5.69 Å². The van der Waals surface area contributed by atoms with Crippen LogP contribution >= 0.6 is 11.6 Å². The first-order valence-corrected chi connectivity index (χ1v) is 6.68. The van der Waals surface area contributed by atoms with Gasteiger partial charge in [-0.3, -0.25) is 4.99 Å². The number of anilines is 1. The van der Waals surface area contributed by atoms with E-state index in [1.54, 1.807) is 0 Å². The van der Waals surface area contributed by atoms with Crippen LogP contribution in [0.15, 0.2) is 35.3 Å². The Labute approximate surface area is 132 Å². The van der Waals surface area contributed by atoms with E-state index in [1.165, 1.54) is 0 Å². The number of carbonyl (C=O) groups is 2. The fraction of sp³-hybridized carbons (Fsp3) is 0.214. The Hall–Kier alpha value is -2.54. The number of benzene rings is 1. The third-order valence-corrected chi connectivity index (χ3v) is 2.71. The summed E-state index contributed by atoms with van der Waals surface area (Å²) >= 11 is 5.86. The molecular formula is C14H14ClN3O4-2. The average Bonchev–Trinajstić information content (AvgIpc) is 2.93. The van der Waals surface area contributed by atoms with E-state index in [4.69, 9.17) is 11.6 Å². The molecule has 1 aliphatic heterocycles. The van der Waals surface area contributed by atoms with Crippen LogP contribution in [0.2, 0.25) is 5.02 Å². The highest BCUT2D eigenvalue weighted by Gasteiger charge is 2.06. The number of carbonyl (C=O) groups excluding carboxylic acids is 2. The highest BCUT2D eigenvalue weighted by Crippen LogP contribution is 2.19. The maximum absolute atomic E-state index is 9.41. The molecule has 118 valence electrons. The lowest BCUT2D eigenvalue weighted by molar-refractivity contribution is -0.301. The molecule has 2 N–H and O–H groups in total. The first kappa shape index (κ1) is 17.5. The molecule has 0 saturated heterocycles. The third-order valence-electron chi connectivity index (χ3n) is 2.47. The smallest absolute Gasteiger partial charge is 0.195 e. The first-order valence-electron chi connectivity index (χ1n) is 6.30. The molecule has 0 saturated carbocycles. The van der Waals surface area contributed by atoms with Crippen LogP contribution in [-0.4, -0.2) is 31.0 Å². The van der Waals surface area contributed by atoms with Gasteiger partial charge in [0.05, 0.1) is 18.5 Å². The molecule has 0 spiro atoms. The Morgan fingerprint density at radius 3 is 2.41 bits per heavy atom. The van der Waals surface area contributed by atoms with Crippen molar-refractivity contribution >= 4 is 35.2 Å². The van der Waals surface area contributed by atoms with Crippen molar-refractivity contribution in [2.75, 3.05) is 18.4 Å². The molecule has 1 aliphatic rings. The summed E-state index contributed by atoms with van der Waals surface area (Å²) in [6.07, 6.45) is 0.769. The van der Waals surface area contributed by atoms with Crippen LogP contribution in [0, 0.1) is 6.92 Å². The maximum Gasteiger partial charge on any atom is 0.195 e. The molecule has 0 bridgehead atoms. The number of nitrogens with zero attached hydrogens (tertiary/aromatic N) is 1. The van der Waals surface area contributed by atoms with E-state index < -0.39 is 11.9 Å². The maximum atomic E-state index is 9.41. The monoisotopic (exact) mass is 323 g/mol. The van der Waals surface area contributed by atoms with E-state index in [0.717, 1.165) is 35.3 Å². The summed E-state index contributed by atoms with van der Waals surface area (Å²) in [6.45, 7) is 3.77. The zero-order valence-electron chi connectivity index (χ0n) is 11.8. The number of hydrogen-bond acceptors (Lipinski definition) is 7. The molecular weight excluding hydrogens is 310 g/mol. The van der Waals surface area contributed by atoms with E-state index in [0.29, 0.717) is 12.2 Å². The van der Waals surface area contributed by atoms with E-state index in [9.17, 15) is 19.8 Å². The Bertz CT molecular complexity index is 598. The SMILES string of the molecule is Cc1cc(Cl)ccc1NC1=NCCN1.O=C([O-])/C=C/C(=O)[O-]. The molecule has 1 heterocycles. The minimum Gasteiger partial charge on any atom is -0.545 e. The van der Waals surface area contributed by atoms with Gasteiger partial charge in [0.2, 0.25) is 0 Å². The Morgan fingerprint density at radius 1 is 1.32 bits per heavy atom. The zero-order valence-corrected chi connectivity index (χ0v) is 12.5. The summed E-state index contributed by atoms with van der Waals surface area (Å²) in [5, 5.41) is 26.0. The molecule has 0 fully saturated rings. The molecule has 0 unspecified atom stereocenters. The van der Waals surface area contributed by atoms with Gasteiger partial charge < -0.3 is 30.4 Å². The number of nitrogens with one attached hydrogen (secondary N) is 2. The number of hydrogen-bond donors (Lipinski definition) is 2. The number of carboxylic acid groups (broad SMARTS) is 2. The largest absolute Gasteiger partial charge is 0.545 e. The van der Waals surface area contributed by atoms with Crippen molar-refractivity contribution in [1.29, 1.82) is 0 Å². The third kappa shape index (κ3) is 6.76. The Kier molecular flexibility index (Phi) is 6.91. The highest BCUT2D eigenvalue weighted by atomic mass is 35.5. The van der Waals surface area contributed by atoms with Gasteiger partial charge in [-0.25, -0.2) is 0 Å². The molecule has 1 aromatic carbocycles. The number of aliphatic imine (C=N–C) groups is 1. The average molecular weight is 324 g/mol. The molecule has 0 aromatic heterocycles. The van der Waals surface area contributed by atoms with Crippen molar-refractivity contribution in [2.45, 2.75) is 6.92 Å². The Balaban J connectivity index is 0.000000261. The lowest BCUT2D eigenvalue weighted by atomic mass is 10.2. The van der Waals surface area contributed by atoms with E-state index in [2.05, 4.69) is 15.6 Å². The second-order valence-electron chi connectivity index (χ2n) is 4.21. The zero-order chi connectivity index (χ0) is 16.5. The standard InChI is InChI=1S/C10H12ClN3.C4H4O4/c1-7-6-8(11)2-3-9(7)14-10-12-4-5-13-10;5-3(6)1-2-4(7)8/h2-3,6H,4-5H2,1H3,(H2,12,13,14);1-2H,(H,5,6)(H,7,8)/p-2/b;2-1+. The summed E-state index contributed by atoms with van der Waals surface area (Å²) < 4.78 is 0. The van der Waals surface area contributed by atoms with Gasteiger partial charge in [-0.05, 0) is 42.8 Å². The highest BCUT2D eigenvalue weighted by molar-refractivity contribution is 6.30. The summed E-state index contributed by atoms with van der Waals surface area (Å²) in [6, 6.07) is 5.76. The van der Waals surface area contributed by atoms with Crippen LogP contribution in [0.25, 0.3) is 0 Å². The van der Waals surface area contributed by atoms with Gasteiger partial charge in [0, 0.05) is 17.3 Å². The fourth-order valence-electron chi connectivity index (χ4n) is 1.51. The van der Waals surface area contributed by atoms with Gasteiger partial charge in [0.1, 0.15) is 0 Å². The van der Waals surface area contributed by atoms with Crippen LogP contribution in [-0.2, 0) is 9.59 Å². The molecule has 0 radical (unpaired) electrons. The second kappa shape index (κ2) is 8.68. The molecule has 22 heavy (non-hydrogen) atoms. The summed E-state index contributed by atoms with van der Waals surface area (Å²) in [5.41, 5.74) is 2.16. The Morgan fingerprint density at radius 2 is 1.95 bits per heavy atom. The van der Waals surface area contributed by atoms with Crippen molar-refractivity contribution in [1.82, 2.24) is 5.32 Å². The molecule has 0 amide bonds. The first-order chi connectivity index (χ1) is 10.4. The number of carboxylic acids is 2. The van der Waals surface area contributed by atoms with Crippen molar-refractivity contribution in [3.63, 3.8) is 0 Å². The fourth-order valence-corrected chi connectivity index (χ4v) is 1.74. The molecule has 7 nitrogen and oxygen atoms in total. The van der Waals surface area contributed by atoms with Crippen LogP contribution < -0.4 is 20.8 Å². The predicted molar refractivity (Wildman–Crippen MR) is 79.3 cm³/mol. The molecule has 8 heteroatoms. The molecule has 0 atom stereocenters. The van der Waals surface area contributed by atoms with Crippen LogP contribution in [0.3, 0.4) is 0 Å². The van der Waals surface area contributed by atoms with E-state index in [-0.39, 0.29) is 0 Å². The van der Waals surface area contributed by atoms with Crippen molar-refractivity contribution in [2.24, 2.45) is 4.99 Å². The molecule has 1 aromatic rings. The van der Waals surface area contributed by atoms with Gasteiger partial charge in [-0.2, -0.15) is 0 Å². The number of guanidine groups is 1. The minimum absolute atomic E-state index is 0.384. The normalized spacial score (nSPS) is 12.9. The number of halogens is 1.